The predicted octanol–water partition coefficient (Wildman–Crippen LogP) is 3.68. The lowest BCUT2D eigenvalue weighted by atomic mass is 10.0. The lowest BCUT2D eigenvalue weighted by Gasteiger charge is -2.44. The van der Waals surface area contributed by atoms with Crippen molar-refractivity contribution >= 4 is 17.6 Å². The Hall–Kier alpha value is -3.61. The molecule has 3 atom stereocenters. The molecule has 2 aromatic heterocycles. The van der Waals surface area contributed by atoms with E-state index >= 15 is 0 Å². The van der Waals surface area contributed by atoms with Gasteiger partial charge in [0.25, 0.3) is 5.91 Å². The number of nitrogens with one attached hydrogen (secondary N) is 2. The van der Waals surface area contributed by atoms with Gasteiger partial charge in [-0.15, -0.1) is 0 Å². The summed E-state index contributed by atoms with van der Waals surface area (Å²) in [6.07, 6.45) is 0.541. The van der Waals surface area contributed by atoms with Crippen LogP contribution in [-0.2, 0) is 0 Å². The second-order valence-electron chi connectivity index (χ2n) is 10.9. The van der Waals surface area contributed by atoms with Crippen molar-refractivity contribution in [3.05, 3.63) is 36.3 Å². The number of alkyl halides is 3. The number of hydrogen-bond donors (Lipinski definition) is 2. The fourth-order valence-electron chi connectivity index (χ4n) is 6.09. The van der Waals surface area contributed by atoms with Crippen LogP contribution in [0.2, 0.25) is 0 Å². The molecular weight excluding hydrogens is 551 g/mol. The van der Waals surface area contributed by atoms with Crippen molar-refractivity contribution in [2.45, 2.75) is 63.8 Å². The molecule has 3 saturated heterocycles. The number of aromatic nitrogens is 2. The topological polar surface area (TPSA) is 103 Å². The van der Waals surface area contributed by atoms with Crippen LogP contribution in [0.1, 0.15) is 50.0 Å². The Bertz CT molecular complexity index is 1260. The molecule has 228 valence electrons. The Labute approximate surface area is 243 Å². The molecule has 5 heterocycles. The fraction of sp³-hybridized carbons (Fsp3) is 0.586. The van der Waals surface area contributed by atoms with Crippen molar-refractivity contribution in [1.82, 2.24) is 30.4 Å². The maximum absolute atomic E-state index is 13.7. The van der Waals surface area contributed by atoms with Gasteiger partial charge in [0.15, 0.2) is 5.69 Å². The number of nitrogens with zero attached hydrogens (tertiary/aromatic N) is 5. The molecule has 3 aliphatic rings. The van der Waals surface area contributed by atoms with Crippen LogP contribution in [0.5, 0.6) is 5.75 Å². The number of likely N-dealkylation sites (tertiary alicyclic amines) is 1. The molecule has 0 aromatic carbocycles. The Kier molecular flexibility index (Phi) is 9.05. The van der Waals surface area contributed by atoms with Gasteiger partial charge in [0, 0.05) is 68.8 Å². The molecule has 2 aromatic rings. The molecule has 13 heteroatoms. The van der Waals surface area contributed by atoms with Crippen molar-refractivity contribution in [1.29, 1.82) is 0 Å². The summed E-state index contributed by atoms with van der Waals surface area (Å²) in [5.41, 5.74) is 2.01. The lowest BCUT2D eigenvalue weighted by molar-refractivity contribution is -0.170. The molecule has 42 heavy (non-hydrogen) atoms. The van der Waals surface area contributed by atoms with Crippen LogP contribution in [0, 0.1) is 0 Å². The maximum atomic E-state index is 13.7. The number of carbonyl (C=O) groups is 2. The number of ether oxygens (including phenoxy) is 1. The summed E-state index contributed by atoms with van der Waals surface area (Å²) in [7, 11) is 0. The smallest absolute Gasteiger partial charge is 0.408 e. The van der Waals surface area contributed by atoms with E-state index in [0.29, 0.717) is 55.2 Å². The minimum atomic E-state index is -4.45. The largest absolute Gasteiger partial charge is 0.492 e. The highest BCUT2D eigenvalue weighted by Crippen LogP contribution is 2.37. The molecular formula is C29H38F3N7O3. The molecule has 5 rings (SSSR count). The van der Waals surface area contributed by atoms with E-state index in [0.717, 1.165) is 17.9 Å². The minimum Gasteiger partial charge on any atom is -0.492 e. The van der Waals surface area contributed by atoms with Gasteiger partial charge in [-0.3, -0.25) is 9.78 Å². The third kappa shape index (κ3) is 6.25. The molecule has 0 radical (unpaired) electrons. The summed E-state index contributed by atoms with van der Waals surface area (Å²) in [4.78, 5) is 40.6. The molecule has 2 N–H and O–H groups in total. The standard InChI is InChI=1S/C29H38F3N7O3/c1-3-21-18-37(28(41)39-12-6-8-24(39)29(30,31)32)13-14-38(21)22-15-23(42-4-2)25(19-7-5-10-33-16-19)36-26(22)27(40)35-20-9-11-34-17-20/h5,7,10,15-16,20-21,24,34H,3-4,6,8-9,11-14,17-18H2,1-2H3,(H,35,40)/t20-,21-,24-/m1/s1. The third-order valence-electron chi connectivity index (χ3n) is 8.22. The predicted molar refractivity (Wildman–Crippen MR) is 152 cm³/mol. The molecule has 0 aliphatic carbocycles. The van der Waals surface area contributed by atoms with E-state index in [9.17, 15) is 22.8 Å². The molecule has 0 saturated carbocycles. The zero-order valence-electron chi connectivity index (χ0n) is 24.0. The highest BCUT2D eigenvalue weighted by atomic mass is 19.4. The van der Waals surface area contributed by atoms with Gasteiger partial charge >= 0.3 is 12.2 Å². The molecule has 10 nitrogen and oxygen atoms in total. The lowest BCUT2D eigenvalue weighted by Crippen LogP contribution is -2.59. The number of piperazine rings is 1. The number of urea groups is 1. The van der Waals surface area contributed by atoms with Crippen LogP contribution in [0.3, 0.4) is 0 Å². The van der Waals surface area contributed by atoms with Crippen LogP contribution >= 0.6 is 0 Å². The number of carbonyl (C=O) groups excluding carboxylic acids is 2. The van der Waals surface area contributed by atoms with Crippen molar-refractivity contribution in [2.24, 2.45) is 0 Å². The van der Waals surface area contributed by atoms with Gasteiger partial charge in [-0.2, -0.15) is 13.2 Å². The van der Waals surface area contributed by atoms with E-state index in [1.54, 1.807) is 18.5 Å². The van der Waals surface area contributed by atoms with Crippen LogP contribution in [-0.4, -0.2) is 102 Å². The maximum Gasteiger partial charge on any atom is 0.408 e. The molecule has 3 aliphatic heterocycles. The molecule has 3 amide bonds. The Morgan fingerprint density at radius 2 is 2.02 bits per heavy atom. The van der Waals surface area contributed by atoms with Crippen molar-refractivity contribution in [2.75, 3.05) is 50.8 Å². The normalized spacial score (nSPS) is 22.9. The van der Waals surface area contributed by atoms with Gasteiger partial charge < -0.3 is 30.1 Å². The van der Waals surface area contributed by atoms with Gasteiger partial charge in [-0.05, 0) is 51.3 Å². The van der Waals surface area contributed by atoms with Gasteiger partial charge in [0.1, 0.15) is 17.5 Å². The van der Waals surface area contributed by atoms with E-state index in [2.05, 4.69) is 15.6 Å². The Morgan fingerprint density at radius 1 is 1.19 bits per heavy atom. The zero-order chi connectivity index (χ0) is 29.9. The summed E-state index contributed by atoms with van der Waals surface area (Å²) in [6.45, 7) is 6.57. The number of hydrogen-bond acceptors (Lipinski definition) is 7. The highest BCUT2D eigenvalue weighted by Gasteiger charge is 2.49. The van der Waals surface area contributed by atoms with Crippen molar-refractivity contribution in [3.63, 3.8) is 0 Å². The third-order valence-corrected chi connectivity index (χ3v) is 8.22. The first kappa shape index (κ1) is 29.9. The summed E-state index contributed by atoms with van der Waals surface area (Å²) < 4.78 is 46.8. The summed E-state index contributed by atoms with van der Waals surface area (Å²) in [5, 5.41) is 6.35. The van der Waals surface area contributed by atoms with Crippen molar-refractivity contribution in [3.8, 4) is 17.0 Å². The SMILES string of the molecule is CCOc1cc(N2CCN(C(=O)N3CCC[C@@H]3C(F)(F)F)C[C@H]2CC)c(C(=O)N[C@@H]2CCNC2)nc1-c1cccnc1. The molecule has 0 spiro atoms. The van der Waals surface area contributed by atoms with Crippen LogP contribution in [0.4, 0.5) is 23.7 Å². The van der Waals surface area contributed by atoms with E-state index < -0.39 is 18.2 Å². The van der Waals surface area contributed by atoms with E-state index in [-0.39, 0.29) is 49.7 Å². The second-order valence-corrected chi connectivity index (χ2v) is 10.9. The van der Waals surface area contributed by atoms with Gasteiger partial charge in [-0.25, -0.2) is 9.78 Å². The Morgan fingerprint density at radius 3 is 2.69 bits per heavy atom. The van der Waals surface area contributed by atoms with Crippen LogP contribution < -0.4 is 20.3 Å². The van der Waals surface area contributed by atoms with Crippen LogP contribution in [0.15, 0.2) is 30.6 Å². The minimum absolute atomic E-state index is 0.0287. The van der Waals surface area contributed by atoms with E-state index in [1.807, 2.05) is 30.9 Å². The molecule has 0 bridgehead atoms. The summed E-state index contributed by atoms with van der Waals surface area (Å²) in [5.74, 6) is 0.184. The second kappa shape index (κ2) is 12.7. The highest BCUT2D eigenvalue weighted by molar-refractivity contribution is 5.99. The van der Waals surface area contributed by atoms with E-state index in [4.69, 9.17) is 9.72 Å². The number of pyridine rings is 2. The molecule has 0 unspecified atom stereocenters. The Balaban J connectivity index is 1.47. The van der Waals surface area contributed by atoms with E-state index in [1.165, 1.54) is 4.90 Å². The fourth-order valence-corrected chi connectivity index (χ4v) is 6.09. The monoisotopic (exact) mass is 589 g/mol. The van der Waals surface area contributed by atoms with Crippen molar-refractivity contribution < 1.29 is 27.5 Å². The van der Waals surface area contributed by atoms with Crippen LogP contribution in [0.25, 0.3) is 11.3 Å². The first-order valence-electron chi connectivity index (χ1n) is 14.7. The number of amides is 3. The number of anilines is 1. The summed E-state index contributed by atoms with van der Waals surface area (Å²) in [6, 6.07) is 2.86. The first-order chi connectivity index (χ1) is 20.2. The average molecular weight is 590 g/mol. The van der Waals surface area contributed by atoms with Gasteiger partial charge in [0.2, 0.25) is 0 Å². The van der Waals surface area contributed by atoms with Gasteiger partial charge in [-0.1, -0.05) is 6.92 Å². The summed E-state index contributed by atoms with van der Waals surface area (Å²) >= 11 is 0. The first-order valence-corrected chi connectivity index (χ1v) is 14.7. The number of halogens is 3. The molecule has 3 fully saturated rings. The average Bonchev–Trinajstić information content (AvgIpc) is 3.70. The number of rotatable bonds is 7. The quantitative estimate of drug-likeness (QED) is 0.508. The zero-order valence-corrected chi connectivity index (χ0v) is 24.0. The van der Waals surface area contributed by atoms with Gasteiger partial charge in [0.05, 0.1) is 12.3 Å².